The zero-order valence-electron chi connectivity index (χ0n) is 26.8. The van der Waals surface area contributed by atoms with Crippen molar-refractivity contribution in [2.24, 2.45) is 5.41 Å². The molecule has 0 aromatic heterocycles. The van der Waals surface area contributed by atoms with E-state index < -0.39 is 23.1 Å². The van der Waals surface area contributed by atoms with Crippen molar-refractivity contribution in [3.63, 3.8) is 0 Å². The molecule has 1 aliphatic heterocycles. The van der Waals surface area contributed by atoms with Crippen molar-refractivity contribution in [2.45, 2.75) is 110 Å². The first-order chi connectivity index (χ1) is 21.2. The van der Waals surface area contributed by atoms with Gasteiger partial charge in [0.05, 0.1) is 5.41 Å². The molecule has 7 nitrogen and oxygen atoms in total. The molecule has 1 radical (unpaired) electrons. The van der Waals surface area contributed by atoms with Gasteiger partial charge in [0.25, 0.3) is 5.91 Å². The largest absolute Gasteiger partial charge is 1.00 e. The molecule has 45 heavy (non-hydrogen) atoms. The topological polar surface area (TPSA) is 97.8 Å². The summed E-state index contributed by atoms with van der Waals surface area (Å²) in [5.41, 5.74) is 2.17. The molecule has 0 N–H and O–H groups in total. The number of piperidine rings is 1. The van der Waals surface area contributed by atoms with Gasteiger partial charge in [-0.1, -0.05) is 93.1 Å². The number of amides is 1. The Morgan fingerprint density at radius 2 is 1.47 bits per heavy atom. The number of carbonyl (C=O) groups is 4. The SMILES string of the molecule is CC(C)(COC(=O)CCCCCCCCC(=O)c1cccc(CCCc2ccccc2)c1)C(=O)C(=O)N1CCCC[C@H]1[C-]=O.[Os+]. The molecule has 0 unspecified atom stereocenters. The minimum Gasteiger partial charge on any atom is -0.540 e. The maximum absolute atomic E-state index is 12.8. The number of carbonyl (C=O) groups excluding carboxylic acids is 5. The van der Waals surface area contributed by atoms with Crippen LogP contribution in [0.5, 0.6) is 0 Å². The standard InChI is InChI=1S/C37H48NO6.Os/c1-37(2,35(42)36(43)38-25-13-12-22-32(38)27-39)28-44-34(41)24-11-6-4-3-5-10-23-33(40)31-21-15-20-30(26-31)19-14-18-29-16-8-7-9-17-29;/h7-9,15-17,20-21,26,32H,3-6,10-14,18-19,22-25,28H2,1-2H3;/q-1;+1/t32-;/m0./s1. The molecule has 0 aliphatic carbocycles. The van der Waals surface area contributed by atoms with Crippen LogP contribution in [0.1, 0.15) is 112 Å². The molecule has 1 saturated heterocycles. The first-order valence-corrected chi connectivity index (χ1v) is 16.3. The van der Waals surface area contributed by atoms with Crippen molar-refractivity contribution in [3.8, 4) is 0 Å². The molecule has 2 aromatic carbocycles. The number of benzene rings is 2. The molecule has 0 bridgehead atoms. The zero-order chi connectivity index (χ0) is 31.8. The van der Waals surface area contributed by atoms with E-state index in [9.17, 15) is 24.0 Å². The van der Waals surface area contributed by atoms with E-state index in [0.29, 0.717) is 25.8 Å². The van der Waals surface area contributed by atoms with E-state index in [-0.39, 0.29) is 44.6 Å². The summed E-state index contributed by atoms with van der Waals surface area (Å²) in [6.07, 6.45) is 13.2. The number of Topliss-reactive ketones (excluding diaryl/α,β-unsaturated/α-hetero) is 2. The van der Waals surface area contributed by atoms with Gasteiger partial charge in [0, 0.05) is 24.9 Å². The monoisotopic (exact) mass is 794 g/mol. The van der Waals surface area contributed by atoms with Crippen LogP contribution in [0.15, 0.2) is 54.6 Å². The third-order valence-electron chi connectivity index (χ3n) is 8.36. The van der Waals surface area contributed by atoms with Gasteiger partial charge in [-0.3, -0.25) is 19.2 Å². The summed E-state index contributed by atoms with van der Waals surface area (Å²) in [6, 6.07) is 17.8. The van der Waals surface area contributed by atoms with Gasteiger partial charge in [0.1, 0.15) is 6.61 Å². The molecule has 1 aliphatic rings. The molecule has 245 valence electrons. The molecule has 8 heteroatoms. The van der Waals surface area contributed by atoms with Crippen molar-refractivity contribution in [1.82, 2.24) is 4.90 Å². The maximum atomic E-state index is 12.8. The number of unbranched alkanes of at least 4 members (excludes halogenated alkanes) is 5. The molecule has 1 atom stereocenters. The van der Waals surface area contributed by atoms with Crippen LogP contribution in [-0.2, 0) is 56.5 Å². The van der Waals surface area contributed by atoms with Crippen LogP contribution in [0.2, 0.25) is 0 Å². The average molecular weight is 793 g/mol. The molecule has 1 amide bonds. The fraction of sp³-hybridized carbons (Fsp3) is 0.541. The second-order valence-electron chi connectivity index (χ2n) is 12.6. The first kappa shape index (κ1) is 38.2. The molecular weight excluding hydrogens is 745 g/mol. The number of likely N-dealkylation sites (tertiary alicyclic amines) is 1. The van der Waals surface area contributed by atoms with Crippen molar-refractivity contribution in [1.29, 1.82) is 0 Å². The number of nitrogens with zero attached hydrogens (tertiary/aromatic N) is 1. The molecule has 2 aromatic rings. The van der Waals surface area contributed by atoms with Gasteiger partial charge in [-0.05, 0) is 69.6 Å². The molecule has 1 fully saturated rings. The first-order valence-electron chi connectivity index (χ1n) is 16.3. The second-order valence-corrected chi connectivity index (χ2v) is 12.6. The third-order valence-corrected chi connectivity index (χ3v) is 8.36. The fourth-order valence-electron chi connectivity index (χ4n) is 5.56. The predicted molar refractivity (Wildman–Crippen MR) is 171 cm³/mol. The summed E-state index contributed by atoms with van der Waals surface area (Å²) >= 11 is 0. The van der Waals surface area contributed by atoms with E-state index in [1.165, 1.54) is 16.0 Å². The number of esters is 1. The number of rotatable bonds is 19. The van der Waals surface area contributed by atoms with Gasteiger partial charge in [-0.25, -0.2) is 6.29 Å². The number of aryl methyl sites for hydroxylation is 2. The molecule has 1 heterocycles. The summed E-state index contributed by atoms with van der Waals surface area (Å²) < 4.78 is 5.34. The van der Waals surface area contributed by atoms with Crippen LogP contribution < -0.4 is 0 Å². The molecule has 0 saturated carbocycles. The minimum absolute atomic E-state index is 0. The summed E-state index contributed by atoms with van der Waals surface area (Å²) in [7, 11) is 0. The quantitative estimate of drug-likeness (QED) is 0.0511. The van der Waals surface area contributed by atoms with Gasteiger partial charge in [-0.2, -0.15) is 0 Å². The summed E-state index contributed by atoms with van der Waals surface area (Å²) in [5.74, 6) is -1.55. The Bertz CT molecular complexity index is 1240. The Kier molecular flexibility index (Phi) is 17.2. The zero-order valence-corrected chi connectivity index (χ0v) is 29.4. The van der Waals surface area contributed by atoms with Gasteiger partial charge in [0.2, 0.25) is 5.78 Å². The normalized spacial score (nSPS) is 14.7. The second kappa shape index (κ2) is 20.2. The van der Waals surface area contributed by atoms with Crippen LogP contribution in [-0.4, -0.2) is 53.8 Å². The van der Waals surface area contributed by atoms with E-state index in [2.05, 4.69) is 30.3 Å². The van der Waals surface area contributed by atoms with Crippen LogP contribution in [0.25, 0.3) is 0 Å². The average Bonchev–Trinajstić information content (AvgIpc) is 3.04. The molecule has 3 rings (SSSR count). The number of ether oxygens (including phenoxy) is 1. The van der Waals surface area contributed by atoms with E-state index in [1.807, 2.05) is 30.6 Å². The van der Waals surface area contributed by atoms with Crippen molar-refractivity contribution >= 4 is 29.7 Å². The number of hydrogen-bond donors (Lipinski definition) is 0. The number of ketones is 2. The maximum Gasteiger partial charge on any atom is 1.00 e. The predicted octanol–water partition coefficient (Wildman–Crippen LogP) is 6.79. The van der Waals surface area contributed by atoms with Crippen molar-refractivity contribution in [3.05, 3.63) is 71.3 Å². The van der Waals surface area contributed by atoms with Gasteiger partial charge in [0.15, 0.2) is 5.78 Å². The summed E-state index contributed by atoms with van der Waals surface area (Å²) in [4.78, 5) is 63.0. The van der Waals surface area contributed by atoms with Crippen LogP contribution >= 0.6 is 0 Å². The smallest absolute Gasteiger partial charge is 0.540 e. The third kappa shape index (κ3) is 13.1. The Labute approximate surface area is 281 Å². The fourth-order valence-corrected chi connectivity index (χ4v) is 5.56. The Balaban J connectivity index is 0.00000705. The van der Waals surface area contributed by atoms with Gasteiger partial charge >= 0.3 is 25.8 Å². The molecular formula is C37H48NO6Os. The Hall–Kier alpha value is -2.97. The van der Waals surface area contributed by atoms with E-state index in [4.69, 9.17) is 4.74 Å². The van der Waals surface area contributed by atoms with E-state index in [0.717, 1.165) is 69.8 Å². The van der Waals surface area contributed by atoms with Gasteiger partial charge < -0.3 is 14.4 Å². The van der Waals surface area contributed by atoms with Crippen LogP contribution in [0, 0.1) is 5.41 Å². The van der Waals surface area contributed by atoms with E-state index in [1.54, 1.807) is 13.8 Å². The van der Waals surface area contributed by atoms with Crippen molar-refractivity contribution in [2.75, 3.05) is 13.2 Å². The van der Waals surface area contributed by atoms with Crippen LogP contribution in [0.4, 0.5) is 0 Å². The summed E-state index contributed by atoms with van der Waals surface area (Å²) in [5, 5.41) is 0. The Morgan fingerprint density at radius 1 is 0.822 bits per heavy atom. The number of hydrogen-bond acceptors (Lipinski definition) is 6. The van der Waals surface area contributed by atoms with Crippen molar-refractivity contribution < 1.29 is 48.5 Å². The summed E-state index contributed by atoms with van der Waals surface area (Å²) in [6.45, 7) is 3.35. The molecule has 0 spiro atoms. The van der Waals surface area contributed by atoms with E-state index >= 15 is 0 Å². The van der Waals surface area contributed by atoms with Crippen LogP contribution in [0.3, 0.4) is 0 Å². The minimum atomic E-state index is -1.17. The Morgan fingerprint density at radius 3 is 2.18 bits per heavy atom. The van der Waals surface area contributed by atoms with Gasteiger partial charge in [-0.15, -0.1) is 0 Å².